The van der Waals surface area contributed by atoms with Gasteiger partial charge in [-0.15, -0.1) is 0 Å². The summed E-state index contributed by atoms with van der Waals surface area (Å²) in [6.07, 6.45) is 1.59. The fraction of sp³-hybridized carbons (Fsp3) is 0.533. The van der Waals surface area contributed by atoms with E-state index in [0.717, 1.165) is 12.8 Å². The highest BCUT2D eigenvalue weighted by molar-refractivity contribution is 5.81. The largest absolute Gasteiger partial charge is 0.368 e. The summed E-state index contributed by atoms with van der Waals surface area (Å²) in [6, 6.07) is 10.2. The molecule has 0 bridgehead atoms. The van der Waals surface area contributed by atoms with E-state index in [-0.39, 0.29) is 17.4 Å². The first-order valence-corrected chi connectivity index (χ1v) is 6.54. The lowest BCUT2D eigenvalue weighted by Crippen LogP contribution is -2.41. The van der Waals surface area contributed by atoms with Crippen LogP contribution in [0, 0.1) is 0 Å². The summed E-state index contributed by atoms with van der Waals surface area (Å²) in [5.41, 5.74) is 1.17. The van der Waals surface area contributed by atoms with Gasteiger partial charge in [0, 0.05) is 18.6 Å². The van der Waals surface area contributed by atoms with E-state index in [1.165, 1.54) is 5.56 Å². The predicted octanol–water partition coefficient (Wildman–Crippen LogP) is 2.26. The van der Waals surface area contributed by atoms with Crippen molar-refractivity contribution in [1.82, 2.24) is 5.32 Å². The number of amides is 1. The highest BCUT2D eigenvalue weighted by atomic mass is 16.5. The van der Waals surface area contributed by atoms with Crippen molar-refractivity contribution in [2.24, 2.45) is 0 Å². The molecule has 18 heavy (non-hydrogen) atoms. The maximum atomic E-state index is 11.9. The zero-order valence-corrected chi connectivity index (χ0v) is 11.1. The molecule has 1 aromatic rings. The smallest absolute Gasteiger partial charge is 0.249 e. The zero-order valence-electron chi connectivity index (χ0n) is 11.1. The Morgan fingerprint density at radius 1 is 1.39 bits per heavy atom. The fourth-order valence-corrected chi connectivity index (χ4v) is 2.20. The van der Waals surface area contributed by atoms with Gasteiger partial charge in [-0.2, -0.15) is 0 Å². The first-order valence-electron chi connectivity index (χ1n) is 6.54. The zero-order chi connectivity index (χ0) is 13.0. The molecule has 0 saturated carbocycles. The van der Waals surface area contributed by atoms with Gasteiger partial charge in [-0.05, 0) is 18.4 Å². The molecule has 1 aliphatic heterocycles. The van der Waals surface area contributed by atoms with Gasteiger partial charge in [0.2, 0.25) is 5.91 Å². The van der Waals surface area contributed by atoms with Gasteiger partial charge in [-0.1, -0.05) is 44.2 Å². The summed E-state index contributed by atoms with van der Waals surface area (Å²) in [4.78, 5) is 11.9. The van der Waals surface area contributed by atoms with Crippen LogP contribution in [0.5, 0.6) is 0 Å². The quantitative estimate of drug-likeness (QED) is 0.886. The molecular weight excluding hydrogens is 226 g/mol. The Morgan fingerprint density at radius 2 is 2.11 bits per heavy atom. The van der Waals surface area contributed by atoms with Gasteiger partial charge >= 0.3 is 0 Å². The molecule has 3 heteroatoms. The van der Waals surface area contributed by atoms with Crippen LogP contribution in [-0.4, -0.2) is 25.2 Å². The van der Waals surface area contributed by atoms with Crippen molar-refractivity contribution in [3.63, 3.8) is 0 Å². The van der Waals surface area contributed by atoms with E-state index >= 15 is 0 Å². The van der Waals surface area contributed by atoms with Crippen LogP contribution in [0.25, 0.3) is 0 Å². The minimum absolute atomic E-state index is 0.0245. The van der Waals surface area contributed by atoms with E-state index in [2.05, 4.69) is 31.3 Å². The molecular formula is C15H21NO2. The Morgan fingerprint density at radius 3 is 2.72 bits per heavy atom. The normalized spacial score (nSPS) is 19.8. The van der Waals surface area contributed by atoms with Crippen LogP contribution < -0.4 is 5.32 Å². The van der Waals surface area contributed by atoms with Gasteiger partial charge in [0.25, 0.3) is 0 Å². The maximum absolute atomic E-state index is 11.9. The molecule has 1 unspecified atom stereocenters. The Labute approximate surface area is 109 Å². The second kappa shape index (κ2) is 5.53. The van der Waals surface area contributed by atoms with Crippen molar-refractivity contribution in [2.45, 2.75) is 38.2 Å². The van der Waals surface area contributed by atoms with Gasteiger partial charge in [0.15, 0.2) is 0 Å². The van der Waals surface area contributed by atoms with E-state index in [0.29, 0.717) is 13.2 Å². The Kier molecular flexibility index (Phi) is 4.02. The highest BCUT2D eigenvalue weighted by Gasteiger charge is 2.26. The Balaban J connectivity index is 1.90. The van der Waals surface area contributed by atoms with Crippen LogP contribution in [0.15, 0.2) is 30.3 Å². The topological polar surface area (TPSA) is 38.3 Å². The van der Waals surface area contributed by atoms with Crippen molar-refractivity contribution in [3.05, 3.63) is 35.9 Å². The van der Waals surface area contributed by atoms with E-state index in [1.807, 2.05) is 18.2 Å². The van der Waals surface area contributed by atoms with Crippen LogP contribution in [0.3, 0.4) is 0 Å². The molecule has 98 valence electrons. The summed E-state index contributed by atoms with van der Waals surface area (Å²) in [7, 11) is 0. The van der Waals surface area contributed by atoms with Crippen molar-refractivity contribution >= 4 is 5.91 Å². The molecule has 1 saturated heterocycles. The van der Waals surface area contributed by atoms with Crippen LogP contribution in [-0.2, 0) is 14.9 Å². The number of carbonyl (C=O) groups excluding carboxylic acids is 1. The van der Waals surface area contributed by atoms with Gasteiger partial charge in [-0.25, -0.2) is 0 Å². The van der Waals surface area contributed by atoms with E-state index < -0.39 is 0 Å². The molecule has 1 aliphatic rings. The summed E-state index contributed by atoms with van der Waals surface area (Å²) in [6.45, 7) is 5.62. The first-order chi connectivity index (χ1) is 8.59. The summed E-state index contributed by atoms with van der Waals surface area (Å²) in [5.74, 6) is 0.0245. The maximum Gasteiger partial charge on any atom is 0.249 e. The second-order valence-corrected chi connectivity index (χ2v) is 5.47. The third-order valence-electron chi connectivity index (χ3n) is 3.48. The third kappa shape index (κ3) is 3.10. The van der Waals surface area contributed by atoms with Crippen LogP contribution >= 0.6 is 0 Å². The molecule has 1 aromatic carbocycles. The molecule has 0 aliphatic carbocycles. The lowest BCUT2D eigenvalue weighted by atomic mass is 9.84. The second-order valence-electron chi connectivity index (χ2n) is 5.47. The number of hydrogen-bond donors (Lipinski definition) is 1. The average molecular weight is 247 g/mol. The minimum Gasteiger partial charge on any atom is -0.368 e. The molecule has 1 atom stereocenters. The van der Waals surface area contributed by atoms with E-state index in [1.54, 1.807) is 0 Å². The standard InChI is InChI=1S/C15H21NO2/c1-15(2,12-7-4-3-5-8-12)11-16-14(17)13-9-6-10-18-13/h3-5,7-8,13H,6,9-11H2,1-2H3,(H,16,17). The van der Waals surface area contributed by atoms with Crippen LogP contribution in [0.4, 0.5) is 0 Å². The lowest BCUT2D eigenvalue weighted by Gasteiger charge is -2.26. The lowest BCUT2D eigenvalue weighted by molar-refractivity contribution is -0.130. The van der Waals surface area contributed by atoms with Crippen LogP contribution in [0.2, 0.25) is 0 Å². The Bertz CT molecular complexity index is 394. The molecule has 0 aromatic heterocycles. The van der Waals surface area contributed by atoms with Crippen LogP contribution in [0.1, 0.15) is 32.3 Å². The van der Waals surface area contributed by atoms with Crippen molar-refractivity contribution in [3.8, 4) is 0 Å². The van der Waals surface area contributed by atoms with E-state index in [9.17, 15) is 4.79 Å². The summed E-state index contributed by atoms with van der Waals surface area (Å²) in [5, 5.41) is 3.00. The highest BCUT2D eigenvalue weighted by Crippen LogP contribution is 2.22. The monoisotopic (exact) mass is 247 g/mol. The van der Waals surface area contributed by atoms with Gasteiger partial charge in [-0.3, -0.25) is 4.79 Å². The Hall–Kier alpha value is -1.35. The number of ether oxygens (including phenoxy) is 1. The predicted molar refractivity (Wildman–Crippen MR) is 71.5 cm³/mol. The summed E-state index contributed by atoms with van der Waals surface area (Å²) >= 11 is 0. The van der Waals surface area contributed by atoms with Crippen molar-refractivity contribution < 1.29 is 9.53 Å². The number of rotatable bonds is 4. The number of hydrogen-bond acceptors (Lipinski definition) is 2. The third-order valence-corrected chi connectivity index (χ3v) is 3.48. The van der Waals surface area contributed by atoms with Crippen molar-refractivity contribution in [1.29, 1.82) is 0 Å². The molecule has 0 spiro atoms. The molecule has 3 nitrogen and oxygen atoms in total. The number of carbonyl (C=O) groups is 1. The molecule has 1 amide bonds. The van der Waals surface area contributed by atoms with Gasteiger partial charge < -0.3 is 10.1 Å². The molecule has 1 heterocycles. The molecule has 1 fully saturated rings. The van der Waals surface area contributed by atoms with Crippen molar-refractivity contribution in [2.75, 3.05) is 13.2 Å². The molecule has 0 radical (unpaired) electrons. The van der Waals surface area contributed by atoms with Gasteiger partial charge in [0.1, 0.15) is 6.10 Å². The summed E-state index contributed by atoms with van der Waals surface area (Å²) < 4.78 is 5.37. The SMILES string of the molecule is CC(C)(CNC(=O)C1CCCO1)c1ccccc1. The van der Waals surface area contributed by atoms with E-state index in [4.69, 9.17) is 4.74 Å². The molecule has 1 N–H and O–H groups in total. The first kappa shape index (κ1) is 13.1. The average Bonchev–Trinajstić information content (AvgIpc) is 2.91. The fourth-order valence-electron chi connectivity index (χ4n) is 2.20. The minimum atomic E-state index is -0.239. The van der Waals surface area contributed by atoms with Gasteiger partial charge in [0.05, 0.1) is 0 Å². The molecule has 2 rings (SSSR count). The number of benzene rings is 1. The number of nitrogens with one attached hydrogen (secondary N) is 1.